The standard InChI is InChI=1S/C29H33N3O8S2/c1-17(2)26(29(34)35)32(4)42(38,39)22-15-11-20(12-16-22)19-9-13-21(14-10-19)30-28(33)27-18(3)25-23(31-41(5,36)37)7-6-8-24(25)40-27/h6-17,26,28,30-31,33H,1-5H3,(H,34,35)/t26-,28?/m0/s1. The lowest BCUT2D eigenvalue weighted by Crippen LogP contribution is -2.45. The maximum absolute atomic E-state index is 13.0. The zero-order chi connectivity index (χ0) is 31.0. The molecule has 1 unspecified atom stereocenters. The Morgan fingerprint density at radius 2 is 1.50 bits per heavy atom. The van der Waals surface area contributed by atoms with Crippen molar-refractivity contribution >= 4 is 48.4 Å². The summed E-state index contributed by atoms with van der Waals surface area (Å²) in [4.78, 5) is 11.6. The summed E-state index contributed by atoms with van der Waals surface area (Å²) in [6, 6.07) is 17.0. The molecular formula is C29H33N3O8S2. The van der Waals surface area contributed by atoms with Crippen molar-refractivity contribution in [3.05, 3.63) is 78.1 Å². The molecule has 0 aliphatic carbocycles. The number of nitrogens with one attached hydrogen (secondary N) is 2. The summed E-state index contributed by atoms with van der Waals surface area (Å²) in [5, 5.41) is 23.9. The number of carboxylic acids is 1. The number of furan rings is 1. The van der Waals surface area contributed by atoms with Gasteiger partial charge in [-0.05, 0) is 60.4 Å². The number of carboxylic acid groups (broad SMARTS) is 1. The predicted molar refractivity (Wildman–Crippen MR) is 161 cm³/mol. The van der Waals surface area contributed by atoms with Gasteiger partial charge in [0, 0.05) is 23.7 Å². The Balaban J connectivity index is 1.51. The summed E-state index contributed by atoms with van der Waals surface area (Å²) in [5.41, 5.74) is 3.46. The molecule has 2 atom stereocenters. The Morgan fingerprint density at radius 3 is 2.02 bits per heavy atom. The van der Waals surface area contributed by atoms with Crippen LogP contribution in [0.25, 0.3) is 22.1 Å². The van der Waals surface area contributed by atoms with E-state index in [1.54, 1.807) is 75.4 Å². The van der Waals surface area contributed by atoms with Crippen molar-refractivity contribution in [3.63, 3.8) is 0 Å². The lowest BCUT2D eigenvalue weighted by Gasteiger charge is -2.27. The van der Waals surface area contributed by atoms with Gasteiger partial charge >= 0.3 is 5.97 Å². The number of carbonyl (C=O) groups is 1. The monoisotopic (exact) mass is 615 g/mol. The van der Waals surface area contributed by atoms with Gasteiger partial charge in [-0.1, -0.05) is 44.2 Å². The third-order valence-corrected chi connectivity index (χ3v) is 9.31. The SMILES string of the molecule is Cc1c(C(O)Nc2ccc(-c3ccc(S(=O)(=O)N(C)[C@H](C(=O)O)C(C)C)cc3)cc2)oc2cccc(NS(C)(=O)=O)c12. The van der Waals surface area contributed by atoms with E-state index in [0.717, 1.165) is 21.7 Å². The van der Waals surface area contributed by atoms with E-state index in [1.165, 1.54) is 19.2 Å². The quantitative estimate of drug-likeness (QED) is 0.176. The van der Waals surface area contributed by atoms with Gasteiger partial charge in [0.05, 0.1) is 16.8 Å². The van der Waals surface area contributed by atoms with E-state index in [-0.39, 0.29) is 10.7 Å². The number of likely N-dealkylation sites (N-methyl/N-ethyl adjacent to an activating group) is 1. The molecule has 3 aromatic carbocycles. The number of aliphatic hydroxyl groups excluding tert-OH is 1. The molecule has 13 heteroatoms. The molecule has 11 nitrogen and oxygen atoms in total. The lowest BCUT2D eigenvalue weighted by atomic mass is 10.1. The summed E-state index contributed by atoms with van der Waals surface area (Å²) < 4.78 is 58.8. The Hall–Kier alpha value is -3.91. The van der Waals surface area contributed by atoms with Crippen molar-refractivity contribution in [2.24, 2.45) is 5.92 Å². The lowest BCUT2D eigenvalue weighted by molar-refractivity contribution is -0.142. The molecule has 0 saturated heterocycles. The van der Waals surface area contributed by atoms with Crippen molar-refractivity contribution < 1.29 is 36.3 Å². The molecule has 0 radical (unpaired) electrons. The van der Waals surface area contributed by atoms with Gasteiger partial charge in [-0.2, -0.15) is 4.31 Å². The predicted octanol–water partition coefficient (Wildman–Crippen LogP) is 4.61. The average Bonchev–Trinajstić information content (AvgIpc) is 3.25. The summed E-state index contributed by atoms with van der Waals surface area (Å²) >= 11 is 0. The normalized spacial score (nSPS) is 13.8. The van der Waals surface area contributed by atoms with Crippen LogP contribution in [0.5, 0.6) is 0 Å². The second-order valence-corrected chi connectivity index (χ2v) is 14.1. The van der Waals surface area contributed by atoms with Crippen LogP contribution >= 0.6 is 0 Å². The van der Waals surface area contributed by atoms with Crippen molar-refractivity contribution in [1.82, 2.24) is 4.31 Å². The number of sulfonamides is 2. The molecule has 0 aliphatic rings. The third-order valence-electron chi connectivity index (χ3n) is 6.86. The topological polar surface area (TPSA) is 166 Å². The number of nitrogens with zero attached hydrogens (tertiary/aromatic N) is 1. The molecule has 42 heavy (non-hydrogen) atoms. The van der Waals surface area contributed by atoms with Gasteiger partial charge in [0.25, 0.3) is 0 Å². The molecule has 4 rings (SSSR count). The van der Waals surface area contributed by atoms with Crippen LogP contribution in [0.2, 0.25) is 0 Å². The smallest absolute Gasteiger partial charge is 0.322 e. The van der Waals surface area contributed by atoms with Crippen LogP contribution in [0.4, 0.5) is 11.4 Å². The number of anilines is 2. The van der Waals surface area contributed by atoms with Crippen LogP contribution in [0.1, 0.15) is 31.4 Å². The van der Waals surface area contributed by atoms with Crippen molar-refractivity contribution in [1.29, 1.82) is 0 Å². The van der Waals surface area contributed by atoms with Crippen molar-refractivity contribution in [2.75, 3.05) is 23.3 Å². The van der Waals surface area contributed by atoms with Crippen molar-refractivity contribution in [2.45, 2.75) is 37.9 Å². The fraction of sp³-hybridized carbons (Fsp3) is 0.276. The van der Waals surface area contributed by atoms with E-state index < -0.39 is 44.2 Å². The van der Waals surface area contributed by atoms with Crippen molar-refractivity contribution in [3.8, 4) is 11.1 Å². The number of hydrogen-bond donors (Lipinski definition) is 4. The van der Waals surface area contributed by atoms with Gasteiger partial charge in [-0.15, -0.1) is 0 Å². The summed E-state index contributed by atoms with van der Waals surface area (Å²) in [6.07, 6.45) is -0.169. The Morgan fingerprint density at radius 1 is 0.929 bits per heavy atom. The molecule has 0 bridgehead atoms. The first-order valence-corrected chi connectivity index (χ1v) is 16.3. The van der Waals surface area contributed by atoms with Gasteiger partial charge in [-0.25, -0.2) is 16.8 Å². The first kappa shape index (κ1) is 31.0. The molecule has 0 aliphatic heterocycles. The Bertz CT molecular complexity index is 1820. The van der Waals surface area contributed by atoms with E-state index in [4.69, 9.17) is 4.42 Å². The zero-order valence-electron chi connectivity index (χ0n) is 23.7. The minimum absolute atomic E-state index is 0.0156. The van der Waals surface area contributed by atoms with Gasteiger partial charge in [0.1, 0.15) is 11.6 Å². The number of benzene rings is 3. The second-order valence-electron chi connectivity index (χ2n) is 10.3. The van der Waals surface area contributed by atoms with Crippen LogP contribution in [-0.2, 0) is 24.8 Å². The fourth-order valence-electron chi connectivity index (χ4n) is 4.84. The van der Waals surface area contributed by atoms with Crippen LogP contribution in [0.3, 0.4) is 0 Å². The van der Waals surface area contributed by atoms with Gasteiger partial charge in [-0.3, -0.25) is 9.52 Å². The highest BCUT2D eigenvalue weighted by molar-refractivity contribution is 7.92. The van der Waals surface area contributed by atoms with E-state index in [2.05, 4.69) is 10.0 Å². The number of rotatable bonds is 11. The minimum Gasteiger partial charge on any atom is -0.480 e. The van der Waals surface area contributed by atoms with Crippen LogP contribution in [-0.4, -0.2) is 56.7 Å². The molecule has 0 fully saturated rings. The van der Waals surface area contributed by atoms with E-state index in [9.17, 15) is 31.8 Å². The highest BCUT2D eigenvalue weighted by Crippen LogP contribution is 2.35. The number of aliphatic hydroxyl groups is 1. The molecule has 4 aromatic rings. The van der Waals surface area contributed by atoms with E-state index in [0.29, 0.717) is 27.9 Å². The first-order chi connectivity index (χ1) is 19.6. The second kappa shape index (κ2) is 11.8. The summed E-state index contributed by atoms with van der Waals surface area (Å²) in [7, 11) is -6.28. The molecule has 0 spiro atoms. The number of hydrogen-bond acceptors (Lipinski definition) is 8. The molecule has 1 aromatic heterocycles. The largest absolute Gasteiger partial charge is 0.480 e. The molecule has 224 valence electrons. The molecule has 4 N–H and O–H groups in total. The van der Waals surface area contributed by atoms with Gasteiger partial charge < -0.3 is 19.9 Å². The summed E-state index contributed by atoms with van der Waals surface area (Å²) in [5.74, 6) is -1.39. The maximum Gasteiger partial charge on any atom is 0.322 e. The van der Waals surface area contributed by atoms with E-state index >= 15 is 0 Å². The van der Waals surface area contributed by atoms with E-state index in [1.807, 2.05) is 0 Å². The Labute approximate surface area is 244 Å². The molecule has 1 heterocycles. The Kier molecular flexibility index (Phi) is 8.69. The zero-order valence-corrected chi connectivity index (χ0v) is 25.3. The third kappa shape index (κ3) is 6.44. The average molecular weight is 616 g/mol. The molecular weight excluding hydrogens is 582 g/mol. The van der Waals surface area contributed by atoms with Crippen LogP contribution in [0.15, 0.2) is 76.0 Å². The molecule has 0 amide bonds. The summed E-state index contributed by atoms with van der Waals surface area (Å²) in [6.45, 7) is 5.03. The van der Waals surface area contributed by atoms with Gasteiger partial charge in [0.2, 0.25) is 20.0 Å². The van der Waals surface area contributed by atoms with Gasteiger partial charge in [0.15, 0.2) is 12.0 Å². The first-order valence-electron chi connectivity index (χ1n) is 13.0. The minimum atomic E-state index is -4.03. The maximum atomic E-state index is 13.0. The van der Waals surface area contributed by atoms with Crippen LogP contribution < -0.4 is 10.0 Å². The number of aliphatic carboxylic acids is 1. The molecule has 0 saturated carbocycles. The van der Waals surface area contributed by atoms with Crippen LogP contribution in [0, 0.1) is 12.8 Å². The fourth-order valence-corrected chi connectivity index (χ4v) is 6.86. The highest BCUT2D eigenvalue weighted by atomic mass is 32.2. The highest BCUT2D eigenvalue weighted by Gasteiger charge is 2.35. The number of aryl methyl sites for hydroxylation is 1. The number of fused-ring (bicyclic) bond motifs is 1.